The van der Waals surface area contributed by atoms with E-state index in [0.717, 1.165) is 135 Å². The lowest BCUT2D eigenvalue weighted by Gasteiger charge is -2.46. The van der Waals surface area contributed by atoms with Crippen molar-refractivity contribution in [3.8, 4) is 0 Å². The van der Waals surface area contributed by atoms with Crippen LogP contribution in [0, 0.1) is 0 Å². The van der Waals surface area contributed by atoms with Crippen LogP contribution in [0.4, 0.5) is 0 Å². The molecule has 2 fully saturated rings. The first kappa shape index (κ1) is 92.2. The normalized spacial score (nSPS) is 22.6. The van der Waals surface area contributed by atoms with Gasteiger partial charge < -0.3 is 65.1 Å². The molecule has 0 aromatic rings. The first-order valence-corrected chi connectivity index (χ1v) is 40.4. The van der Waals surface area contributed by atoms with Crippen LogP contribution in [0.5, 0.6) is 0 Å². The highest BCUT2D eigenvalue weighted by Gasteiger charge is 2.51. The van der Waals surface area contributed by atoms with Crippen LogP contribution in [0.25, 0.3) is 0 Å². The summed E-state index contributed by atoms with van der Waals surface area (Å²) in [6.07, 6.45) is 84.7. The Kier molecular flexibility index (Phi) is 62.9. The molecule has 100 heavy (non-hydrogen) atoms. The third-order valence-corrected chi connectivity index (χ3v) is 18.9. The molecule has 0 radical (unpaired) electrons. The van der Waals surface area contributed by atoms with Gasteiger partial charge in [0.1, 0.15) is 48.8 Å². The third kappa shape index (κ3) is 50.5. The van der Waals surface area contributed by atoms with Crippen molar-refractivity contribution in [2.45, 2.75) is 383 Å². The van der Waals surface area contributed by atoms with E-state index < -0.39 is 86.8 Å². The van der Waals surface area contributed by atoms with Gasteiger partial charge in [-0.05, 0) is 96.3 Å². The standard InChI is InChI=1S/C86H147NO13/c1-3-5-7-9-11-13-15-17-19-21-23-25-27-29-30-31-32-33-34-35-36-37-38-39-40-41-42-43-44-46-48-50-52-54-56-58-60-62-64-66-68-70-78(91)87-74(73-97-85-83(96)81(94)84(77(72-89)99-85)100-86-82(95)80(93)79(92)76(71-88)98-86)75(90)69-67-65-63-61-59-57-55-53-51-49-47-45-28-26-24-22-20-18-16-14-12-10-8-6-4-2/h5,7,11,13,17,19,23,25,29-30,32-33,35-36,38-39,41-42,44,46,50,52,74-77,79-86,88-90,92-96H,3-4,6,8-10,12,14-16,18,20-22,24,26-28,31,34,37,40,43,45,47-49,51,53-73H2,1-2H3,(H,87,91)/b7-5-,13-11-,19-17-,25-23-,30-29-,33-32-,36-35-,39-38-,42-41-,46-44-,52-50-. The summed E-state index contributed by atoms with van der Waals surface area (Å²) in [4.78, 5) is 13.4. The summed E-state index contributed by atoms with van der Waals surface area (Å²) < 4.78 is 23.0. The van der Waals surface area contributed by atoms with Crippen molar-refractivity contribution in [2.24, 2.45) is 0 Å². The highest BCUT2D eigenvalue weighted by molar-refractivity contribution is 5.76. The first-order chi connectivity index (χ1) is 49.1. The van der Waals surface area contributed by atoms with E-state index in [0.29, 0.717) is 12.8 Å². The van der Waals surface area contributed by atoms with E-state index in [2.05, 4.69) is 153 Å². The Labute approximate surface area is 609 Å². The van der Waals surface area contributed by atoms with Gasteiger partial charge in [-0.3, -0.25) is 4.79 Å². The molecule has 2 saturated heterocycles. The number of unbranched alkanes of at least 4 members (excludes halogenated alkanes) is 31. The molecular weight excluding hydrogens is 1250 g/mol. The highest BCUT2D eigenvalue weighted by atomic mass is 16.7. The summed E-state index contributed by atoms with van der Waals surface area (Å²) in [6, 6.07) is -0.846. The zero-order chi connectivity index (χ0) is 72.2. The van der Waals surface area contributed by atoms with Crippen LogP contribution >= 0.6 is 0 Å². The topological polar surface area (TPSA) is 228 Å². The van der Waals surface area contributed by atoms with Crippen molar-refractivity contribution in [3.63, 3.8) is 0 Å². The summed E-state index contributed by atoms with van der Waals surface area (Å²) in [7, 11) is 0. The number of ether oxygens (including phenoxy) is 4. The predicted molar refractivity (Wildman–Crippen MR) is 415 cm³/mol. The van der Waals surface area contributed by atoms with Crippen molar-refractivity contribution < 1.29 is 64.6 Å². The van der Waals surface area contributed by atoms with Crippen LogP contribution in [0.3, 0.4) is 0 Å². The van der Waals surface area contributed by atoms with Gasteiger partial charge in [-0.25, -0.2) is 0 Å². The summed E-state index contributed by atoms with van der Waals surface area (Å²) >= 11 is 0. The molecular formula is C86H147NO13. The number of allylic oxidation sites excluding steroid dienone is 22. The second kappa shape index (κ2) is 68.3. The molecule has 1 amide bonds. The van der Waals surface area contributed by atoms with E-state index in [4.69, 9.17) is 18.9 Å². The lowest BCUT2D eigenvalue weighted by Crippen LogP contribution is -2.65. The maximum Gasteiger partial charge on any atom is 0.220 e. The van der Waals surface area contributed by atoms with Crippen LogP contribution < -0.4 is 5.32 Å². The lowest BCUT2D eigenvalue weighted by atomic mass is 9.97. The Morgan fingerprint density at radius 1 is 0.370 bits per heavy atom. The fourth-order valence-corrected chi connectivity index (χ4v) is 12.5. The summed E-state index contributed by atoms with van der Waals surface area (Å²) in [5, 5.41) is 87.9. The van der Waals surface area contributed by atoms with Crippen molar-refractivity contribution >= 4 is 5.91 Å². The zero-order valence-electron chi connectivity index (χ0n) is 62.9. The monoisotopic (exact) mass is 1400 g/mol. The van der Waals surface area contributed by atoms with Gasteiger partial charge in [0.05, 0.1) is 32.0 Å². The van der Waals surface area contributed by atoms with Crippen LogP contribution in [0.15, 0.2) is 134 Å². The molecule has 0 aliphatic carbocycles. The molecule has 2 aliphatic heterocycles. The number of amides is 1. The molecule has 14 nitrogen and oxygen atoms in total. The number of aliphatic hydroxyl groups is 8. The minimum absolute atomic E-state index is 0.219. The molecule has 0 aromatic heterocycles. The molecule has 2 heterocycles. The summed E-state index contributed by atoms with van der Waals surface area (Å²) in [6.45, 7) is 2.77. The third-order valence-electron chi connectivity index (χ3n) is 18.9. The van der Waals surface area contributed by atoms with E-state index in [9.17, 15) is 45.6 Å². The minimum Gasteiger partial charge on any atom is -0.394 e. The van der Waals surface area contributed by atoms with Gasteiger partial charge in [-0.1, -0.05) is 340 Å². The highest BCUT2D eigenvalue weighted by Crippen LogP contribution is 2.30. The van der Waals surface area contributed by atoms with Gasteiger partial charge in [0, 0.05) is 6.42 Å². The Morgan fingerprint density at radius 2 is 0.690 bits per heavy atom. The Morgan fingerprint density at radius 3 is 1.06 bits per heavy atom. The van der Waals surface area contributed by atoms with Gasteiger partial charge >= 0.3 is 0 Å². The molecule has 0 aromatic carbocycles. The first-order valence-electron chi connectivity index (χ1n) is 40.4. The van der Waals surface area contributed by atoms with E-state index in [1.807, 2.05) is 0 Å². The maximum atomic E-state index is 13.4. The molecule has 0 bridgehead atoms. The Balaban J connectivity index is 1.62. The number of carbonyl (C=O) groups excluding carboxylic acids is 1. The number of nitrogens with one attached hydrogen (secondary N) is 1. The summed E-state index contributed by atoms with van der Waals surface area (Å²) in [5.41, 5.74) is 0. The van der Waals surface area contributed by atoms with Gasteiger partial charge in [0.15, 0.2) is 12.6 Å². The number of aliphatic hydroxyl groups excluding tert-OH is 8. The van der Waals surface area contributed by atoms with Crippen molar-refractivity contribution in [2.75, 3.05) is 19.8 Å². The van der Waals surface area contributed by atoms with Crippen LogP contribution in [-0.2, 0) is 23.7 Å². The fourth-order valence-electron chi connectivity index (χ4n) is 12.5. The Bertz CT molecular complexity index is 2200. The molecule has 0 spiro atoms. The largest absolute Gasteiger partial charge is 0.394 e. The smallest absolute Gasteiger partial charge is 0.220 e. The quantitative estimate of drug-likeness (QED) is 0.0204. The fraction of sp³-hybridized carbons (Fsp3) is 0.733. The van der Waals surface area contributed by atoms with Crippen LogP contribution in [-0.4, -0.2) is 140 Å². The molecule has 14 heteroatoms. The molecule has 12 atom stereocenters. The van der Waals surface area contributed by atoms with Crippen molar-refractivity contribution in [1.82, 2.24) is 5.32 Å². The van der Waals surface area contributed by atoms with Crippen LogP contribution in [0.2, 0.25) is 0 Å². The molecule has 9 N–H and O–H groups in total. The number of carbonyl (C=O) groups is 1. The van der Waals surface area contributed by atoms with E-state index in [-0.39, 0.29) is 18.9 Å². The molecule has 2 aliphatic rings. The van der Waals surface area contributed by atoms with Gasteiger partial charge in [-0.2, -0.15) is 0 Å². The lowest BCUT2D eigenvalue weighted by molar-refractivity contribution is -0.359. The van der Waals surface area contributed by atoms with Crippen LogP contribution in [0.1, 0.15) is 309 Å². The molecule has 574 valence electrons. The van der Waals surface area contributed by atoms with E-state index in [1.165, 1.54) is 141 Å². The van der Waals surface area contributed by atoms with Crippen molar-refractivity contribution in [3.05, 3.63) is 134 Å². The SMILES string of the molecule is CC/C=C\C/C=C\C/C=C\C/C=C\C/C=C\C/C=C\C/C=C\C/C=C\C/C=C\C/C=C\C/C=C\CCCCCCCCCC(=O)NC(COC1OC(CO)C(OC2OC(CO)C(O)C(O)C2O)C(O)C1O)C(O)CCCCCCCCCCCCCCCCCCCCCCCCCCC. The number of rotatable bonds is 66. The second-order valence-corrected chi connectivity index (χ2v) is 27.8. The van der Waals surface area contributed by atoms with Gasteiger partial charge in [0.2, 0.25) is 5.91 Å². The molecule has 12 unspecified atom stereocenters. The molecule has 0 saturated carbocycles. The Hall–Kier alpha value is -3.87. The van der Waals surface area contributed by atoms with Gasteiger partial charge in [-0.15, -0.1) is 0 Å². The minimum atomic E-state index is -1.79. The van der Waals surface area contributed by atoms with E-state index in [1.54, 1.807) is 0 Å². The zero-order valence-corrected chi connectivity index (χ0v) is 62.9. The van der Waals surface area contributed by atoms with Crippen molar-refractivity contribution in [1.29, 1.82) is 0 Å². The maximum absolute atomic E-state index is 13.4. The second-order valence-electron chi connectivity index (χ2n) is 27.8. The average Bonchev–Trinajstić information content (AvgIpc) is 0.791. The number of hydrogen-bond donors (Lipinski definition) is 9. The average molecular weight is 1400 g/mol. The summed E-state index contributed by atoms with van der Waals surface area (Å²) in [5.74, 6) is -0.219. The predicted octanol–water partition coefficient (Wildman–Crippen LogP) is 18.6. The van der Waals surface area contributed by atoms with Gasteiger partial charge in [0.25, 0.3) is 0 Å². The molecule has 2 rings (SSSR count). The number of hydrogen-bond acceptors (Lipinski definition) is 13. The van der Waals surface area contributed by atoms with E-state index >= 15 is 0 Å².